The summed E-state index contributed by atoms with van der Waals surface area (Å²) in [6.45, 7) is 1.54. The molecule has 1 fully saturated rings. The third-order valence-electron chi connectivity index (χ3n) is 2.73. The molecule has 1 rings (SSSR count). The van der Waals surface area contributed by atoms with Crippen LogP contribution in [0.3, 0.4) is 0 Å². The Morgan fingerprint density at radius 2 is 1.70 bits per heavy atom. The summed E-state index contributed by atoms with van der Waals surface area (Å²) in [5.41, 5.74) is -0.352. The van der Waals surface area contributed by atoms with Crippen molar-refractivity contribution in [3.63, 3.8) is 0 Å². The summed E-state index contributed by atoms with van der Waals surface area (Å²) in [6, 6.07) is 0. The van der Waals surface area contributed by atoms with Gasteiger partial charge in [0.15, 0.2) is 11.6 Å². The second-order valence-corrected chi connectivity index (χ2v) is 6.65. The molecule has 1 aliphatic rings. The van der Waals surface area contributed by atoms with Crippen molar-refractivity contribution in [2.75, 3.05) is 12.0 Å². The van der Waals surface area contributed by atoms with Gasteiger partial charge in [0.1, 0.15) is 0 Å². The molecule has 0 aromatic heterocycles. The Labute approximate surface area is 168 Å². The van der Waals surface area contributed by atoms with Crippen LogP contribution in [0.25, 0.3) is 0 Å². The first-order chi connectivity index (χ1) is 10.0. The second-order valence-electron chi connectivity index (χ2n) is 4.50. The maximum atomic E-state index is 11.4. The van der Waals surface area contributed by atoms with E-state index < -0.39 is 36.8 Å². The van der Waals surface area contributed by atoms with Gasteiger partial charge in [0.2, 0.25) is 0 Å². The maximum Gasteiger partial charge on any atom is 2.00 e. The standard InChI is InChI=1S/C10H12O5.C2H6ClO3P.Ca/c1-2-6(11)9-7(12)3-5(10(14)15)4-8(9)13;3-1-2-7(4,5)6;/h5,11H,2-4H2,1H3,(H,14,15);1-2H2,(H2,4,5,6);/q;;+2/p-2. The average molecular weight is 395 g/mol. The molecule has 1 aliphatic carbocycles. The van der Waals surface area contributed by atoms with E-state index in [-0.39, 0.29) is 74.6 Å². The number of Topliss-reactive ketones (excluding diaryl/α,β-unsaturated/α-hetero) is 2. The van der Waals surface area contributed by atoms with E-state index in [0.29, 0.717) is 0 Å². The number of halogens is 1. The molecule has 23 heavy (non-hydrogen) atoms. The molecule has 126 valence electrons. The van der Waals surface area contributed by atoms with Crippen molar-refractivity contribution in [3.05, 3.63) is 11.3 Å². The molecule has 0 amide bonds. The molecule has 0 aliphatic heterocycles. The van der Waals surface area contributed by atoms with E-state index >= 15 is 0 Å². The minimum atomic E-state index is -3.80. The normalized spacial score (nSPS) is 17.7. The third kappa shape index (κ3) is 9.82. The third-order valence-corrected chi connectivity index (χ3v) is 3.99. The number of hydrogen-bond donors (Lipinski definition) is 2. The van der Waals surface area contributed by atoms with E-state index in [1.54, 1.807) is 6.92 Å². The molecule has 11 heteroatoms. The SMILES string of the molecule is CCC([O-])=C1C(=O)CC(C(=O)[O-])CC1=O.O=P(O)(O)CCCl.[Ca+2]. The topological polar surface area (TPSA) is 155 Å². The van der Waals surface area contributed by atoms with Crippen LogP contribution >= 0.6 is 19.2 Å². The molecule has 0 saturated heterocycles. The number of ketones is 2. The molecule has 1 saturated carbocycles. The number of rotatable bonds is 4. The van der Waals surface area contributed by atoms with Crippen LogP contribution < -0.4 is 10.2 Å². The Balaban J connectivity index is 0. The van der Waals surface area contributed by atoms with Gasteiger partial charge in [-0.3, -0.25) is 14.2 Å². The average Bonchev–Trinajstić information content (AvgIpc) is 2.36. The van der Waals surface area contributed by atoms with E-state index in [9.17, 15) is 29.2 Å². The molecule has 0 bridgehead atoms. The molecule has 0 atom stereocenters. The predicted octanol–water partition coefficient (Wildman–Crippen LogP) is -1.67. The van der Waals surface area contributed by atoms with E-state index in [4.69, 9.17) is 21.4 Å². The second kappa shape index (κ2) is 11.6. The Hall–Kier alpha value is 0.0497. The van der Waals surface area contributed by atoms with Crippen molar-refractivity contribution in [2.24, 2.45) is 5.92 Å². The predicted molar refractivity (Wildman–Crippen MR) is 78.4 cm³/mol. The van der Waals surface area contributed by atoms with Crippen molar-refractivity contribution in [1.29, 1.82) is 0 Å². The number of carbonyl (C=O) groups is 3. The molecule has 0 heterocycles. The minimum absolute atomic E-state index is 0. The first kappa shape index (κ1) is 25.3. The summed E-state index contributed by atoms with van der Waals surface area (Å²) in [7, 11) is -3.80. The summed E-state index contributed by atoms with van der Waals surface area (Å²) >= 11 is 4.99. The summed E-state index contributed by atoms with van der Waals surface area (Å²) in [4.78, 5) is 49.3. The van der Waals surface area contributed by atoms with Gasteiger partial charge >= 0.3 is 45.3 Å². The van der Waals surface area contributed by atoms with Gasteiger partial charge in [-0.1, -0.05) is 6.92 Å². The van der Waals surface area contributed by atoms with Crippen LogP contribution in [0, 0.1) is 5.92 Å². The fraction of sp³-hybridized carbons (Fsp3) is 0.583. The van der Waals surface area contributed by atoms with Crippen LogP contribution in [0.15, 0.2) is 11.3 Å². The van der Waals surface area contributed by atoms with Gasteiger partial charge in [-0.25, -0.2) is 0 Å². The Bertz CT molecular complexity index is 507. The van der Waals surface area contributed by atoms with Gasteiger partial charge in [-0.15, -0.1) is 17.4 Å². The van der Waals surface area contributed by atoms with Crippen LogP contribution in [0.1, 0.15) is 26.2 Å². The van der Waals surface area contributed by atoms with Crippen molar-refractivity contribution in [2.45, 2.75) is 26.2 Å². The molecule has 0 aromatic rings. The largest absolute Gasteiger partial charge is 2.00 e. The van der Waals surface area contributed by atoms with Gasteiger partial charge in [0.05, 0.1) is 6.16 Å². The monoisotopic (exact) mass is 394 g/mol. The van der Waals surface area contributed by atoms with Gasteiger partial charge in [0.25, 0.3) is 0 Å². The van der Waals surface area contributed by atoms with Crippen molar-refractivity contribution in [3.8, 4) is 0 Å². The quantitative estimate of drug-likeness (QED) is 0.143. The Kier molecular flexibility index (Phi) is 12.7. The van der Waals surface area contributed by atoms with E-state index in [1.165, 1.54) is 0 Å². The summed E-state index contributed by atoms with van der Waals surface area (Å²) in [5.74, 6) is -4.34. The molecule has 0 aromatic carbocycles. The zero-order valence-corrected chi connectivity index (χ0v) is 16.3. The minimum Gasteiger partial charge on any atom is -0.875 e. The van der Waals surface area contributed by atoms with Gasteiger partial charge in [-0.2, -0.15) is 0 Å². The van der Waals surface area contributed by atoms with Gasteiger partial charge in [-0.05, 0) is 6.42 Å². The van der Waals surface area contributed by atoms with Gasteiger partial charge in [0, 0.05) is 36.2 Å². The summed E-state index contributed by atoms with van der Waals surface area (Å²) in [6.07, 6.45) is -0.776. The van der Waals surface area contributed by atoms with Gasteiger partial charge < -0.3 is 24.8 Å². The van der Waals surface area contributed by atoms with Crippen molar-refractivity contribution in [1.82, 2.24) is 0 Å². The number of carboxylic acid groups (broad SMARTS) is 1. The molecule has 0 unspecified atom stereocenters. The zero-order valence-electron chi connectivity index (χ0n) is 12.5. The maximum absolute atomic E-state index is 11.4. The molecule has 8 nitrogen and oxygen atoms in total. The van der Waals surface area contributed by atoms with Crippen LogP contribution in [-0.4, -0.2) is 77.1 Å². The fourth-order valence-electron chi connectivity index (χ4n) is 1.64. The van der Waals surface area contributed by atoms with Crippen LogP contribution in [-0.2, 0) is 18.9 Å². The van der Waals surface area contributed by atoms with Crippen molar-refractivity contribution >= 4 is 74.5 Å². The summed E-state index contributed by atoms with van der Waals surface area (Å²) < 4.78 is 9.84. The summed E-state index contributed by atoms with van der Waals surface area (Å²) in [5, 5.41) is 21.7. The fourth-order valence-corrected chi connectivity index (χ4v) is 2.52. The number of aliphatic carboxylic acids is 1. The molecular formula is C12H16CaClO8P. The van der Waals surface area contributed by atoms with Crippen LogP contribution in [0.2, 0.25) is 0 Å². The first-order valence-electron chi connectivity index (χ1n) is 6.31. The Morgan fingerprint density at radius 3 is 1.91 bits per heavy atom. The van der Waals surface area contributed by atoms with Crippen molar-refractivity contribution < 1.29 is 38.9 Å². The van der Waals surface area contributed by atoms with E-state index in [0.717, 1.165) is 0 Å². The number of carboxylic acids is 1. The smallest absolute Gasteiger partial charge is 0.875 e. The van der Waals surface area contributed by atoms with E-state index in [1.807, 2.05) is 0 Å². The molecule has 0 spiro atoms. The molecular weight excluding hydrogens is 379 g/mol. The number of alkyl halides is 1. The van der Waals surface area contributed by atoms with Crippen LogP contribution in [0.5, 0.6) is 0 Å². The van der Waals surface area contributed by atoms with E-state index in [2.05, 4.69) is 0 Å². The first-order valence-corrected chi connectivity index (χ1v) is 8.64. The number of hydrogen-bond acceptors (Lipinski definition) is 6. The molecule has 2 N–H and O–H groups in total. The number of carbonyl (C=O) groups excluding carboxylic acids is 3. The van der Waals surface area contributed by atoms with Crippen LogP contribution in [0.4, 0.5) is 0 Å². The zero-order chi connectivity index (χ0) is 17.5. The number of allylic oxidation sites excluding steroid dienone is 2. The Morgan fingerprint density at radius 1 is 1.26 bits per heavy atom. The molecule has 0 radical (unpaired) electrons.